The third-order valence-electron chi connectivity index (χ3n) is 4.62. The van der Waals surface area contributed by atoms with Gasteiger partial charge in [-0.2, -0.15) is 0 Å². The Morgan fingerprint density at radius 1 is 1.06 bits per heavy atom. The second-order valence-corrected chi connectivity index (χ2v) is 7.96. The molecule has 1 N–H and O–H groups in total. The Morgan fingerprint density at radius 2 is 1.85 bits per heavy atom. The number of hydrogen-bond acceptors (Lipinski definition) is 8. The normalized spacial score (nSPS) is 15.3. The molecule has 1 saturated heterocycles. The third-order valence-corrected chi connectivity index (χ3v) is 5.53. The Labute approximate surface area is 198 Å². The minimum absolute atomic E-state index is 0.0340. The van der Waals surface area contributed by atoms with Gasteiger partial charge in [-0.1, -0.05) is 30.3 Å². The van der Waals surface area contributed by atoms with Crippen molar-refractivity contribution in [2.45, 2.75) is 0 Å². The number of para-hydroxylation sites is 1. The van der Waals surface area contributed by atoms with Crippen LogP contribution >= 0.6 is 11.8 Å². The van der Waals surface area contributed by atoms with Crippen LogP contribution in [0.1, 0.15) is 15.9 Å². The minimum Gasteiger partial charge on any atom is -0.493 e. The molecule has 4 rings (SSSR count). The molecular weight excluding hydrogens is 458 g/mol. The zero-order valence-corrected chi connectivity index (χ0v) is 18.6. The number of nitro benzene ring substituents is 1. The highest BCUT2D eigenvalue weighted by Crippen LogP contribution is 2.33. The molecule has 0 atom stereocenters. The number of carbonyl (C=O) groups is 2. The van der Waals surface area contributed by atoms with Gasteiger partial charge in [-0.05, 0) is 53.7 Å². The summed E-state index contributed by atoms with van der Waals surface area (Å²) in [6, 6.07) is 19.3. The number of hydrogen-bond donors (Lipinski definition) is 1. The Bertz CT molecular complexity index is 1340. The lowest BCUT2D eigenvalue weighted by atomic mass is 10.1. The lowest BCUT2D eigenvalue weighted by molar-refractivity contribution is -0.384. The molecule has 34 heavy (non-hydrogen) atoms. The maximum absolute atomic E-state index is 12.5. The van der Waals surface area contributed by atoms with E-state index >= 15 is 0 Å². The summed E-state index contributed by atoms with van der Waals surface area (Å²) in [4.78, 5) is 40.0. The van der Waals surface area contributed by atoms with E-state index < -0.39 is 10.9 Å². The predicted octanol–water partition coefficient (Wildman–Crippen LogP) is 4.71. The summed E-state index contributed by atoms with van der Waals surface area (Å²) in [5.41, 5.74) is 1.19. The maximum atomic E-state index is 12.5. The highest BCUT2D eigenvalue weighted by Gasteiger charge is 2.24. The molecule has 1 heterocycles. The monoisotopic (exact) mass is 475 g/mol. The average Bonchev–Trinajstić information content (AvgIpc) is 3.18. The maximum Gasteiger partial charge on any atom is 0.343 e. The van der Waals surface area contributed by atoms with Gasteiger partial charge in [-0.3, -0.25) is 14.9 Å². The summed E-state index contributed by atoms with van der Waals surface area (Å²) in [6.07, 6.45) is 1.67. The van der Waals surface area contributed by atoms with Crippen LogP contribution in [-0.2, 0) is 4.79 Å². The third kappa shape index (κ3) is 5.30. The average molecular weight is 475 g/mol. The second kappa shape index (κ2) is 10.0. The lowest BCUT2D eigenvalue weighted by Gasteiger charge is -2.10. The molecule has 1 aliphatic rings. The van der Waals surface area contributed by atoms with Gasteiger partial charge in [0, 0.05) is 12.1 Å². The van der Waals surface area contributed by atoms with Crippen LogP contribution < -0.4 is 14.8 Å². The number of non-ortho nitro benzene ring substituents is 1. The van der Waals surface area contributed by atoms with E-state index in [1.54, 1.807) is 18.2 Å². The molecule has 1 amide bonds. The van der Waals surface area contributed by atoms with Crippen molar-refractivity contribution >= 4 is 46.3 Å². The summed E-state index contributed by atoms with van der Waals surface area (Å²) in [7, 11) is 1.42. The van der Waals surface area contributed by atoms with Gasteiger partial charge in [0.25, 0.3) is 11.6 Å². The van der Waals surface area contributed by atoms with Gasteiger partial charge in [0.1, 0.15) is 0 Å². The molecule has 0 aliphatic carbocycles. The number of thioether (sulfide) groups is 1. The van der Waals surface area contributed by atoms with Gasteiger partial charge in [0.05, 0.1) is 28.2 Å². The summed E-state index contributed by atoms with van der Waals surface area (Å²) in [6.45, 7) is 0. The Kier molecular flexibility index (Phi) is 6.69. The Morgan fingerprint density at radius 3 is 2.59 bits per heavy atom. The highest BCUT2D eigenvalue weighted by molar-refractivity contribution is 8.18. The van der Waals surface area contributed by atoms with E-state index in [1.807, 2.05) is 30.3 Å². The molecule has 0 bridgehead atoms. The van der Waals surface area contributed by atoms with E-state index in [4.69, 9.17) is 9.47 Å². The van der Waals surface area contributed by atoms with E-state index in [0.717, 1.165) is 11.8 Å². The van der Waals surface area contributed by atoms with Crippen molar-refractivity contribution < 1.29 is 24.0 Å². The molecular formula is C24H17N3O6S. The number of aliphatic imine (C=N–C) groups is 1. The number of rotatable bonds is 6. The summed E-state index contributed by atoms with van der Waals surface area (Å²) >= 11 is 1.21. The van der Waals surface area contributed by atoms with Crippen molar-refractivity contribution in [3.05, 3.63) is 98.9 Å². The first-order valence-corrected chi connectivity index (χ1v) is 10.7. The number of benzene rings is 3. The fourth-order valence-corrected chi connectivity index (χ4v) is 3.86. The molecule has 0 radical (unpaired) electrons. The molecule has 1 aliphatic heterocycles. The number of nitro groups is 1. The Hall–Kier alpha value is -4.44. The number of nitrogens with zero attached hydrogens (tertiary/aromatic N) is 2. The van der Waals surface area contributed by atoms with Crippen LogP contribution in [0, 0.1) is 10.1 Å². The van der Waals surface area contributed by atoms with Gasteiger partial charge < -0.3 is 14.8 Å². The van der Waals surface area contributed by atoms with Gasteiger partial charge in [-0.15, -0.1) is 0 Å². The smallest absolute Gasteiger partial charge is 0.343 e. The van der Waals surface area contributed by atoms with Crippen LogP contribution in [0.25, 0.3) is 6.08 Å². The second-order valence-electron chi connectivity index (χ2n) is 6.92. The first kappa shape index (κ1) is 22.7. The molecule has 10 heteroatoms. The molecule has 0 aromatic heterocycles. The van der Waals surface area contributed by atoms with Crippen LogP contribution in [-0.4, -0.2) is 29.1 Å². The Balaban J connectivity index is 1.52. The fourth-order valence-electron chi connectivity index (χ4n) is 3.02. The number of nitrogens with one attached hydrogen (secondary N) is 1. The zero-order valence-electron chi connectivity index (χ0n) is 17.8. The van der Waals surface area contributed by atoms with Crippen molar-refractivity contribution in [1.29, 1.82) is 0 Å². The zero-order chi connectivity index (χ0) is 24.1. The van der Waals surface area contributed by atoms with E-state index in [0.29, 0.717) is 15.6 Å². The summed E-state index contributed by atoms with van der Waals surface area (Å²) < 4.78 is 10.7. The van der Waals surface area contributed by atoms with E-state index in [-0.39, 0.29) is 28.7 Å². The van der Waals surface area contributed by atoms with Crippen molar-refractivity contribution in [1.82, 2.24) is 5.32 Å². The highest BCUT2D eigenvalue weighted by atomic mass is 32.2. The predicted molar refractivity (Wildman–Crippen MR) is 128 cm³/mol. The molecule has 0 spiro atoms. The fraction of sp³-hybridized carbons (Fsp3) is 0.0417. The van der Waals surface area contributed by atoms with E-state index in [2.05, 4.69) is 10.3 Å². The van der Waals surface area contributed by atoms with Crippen LogP contribution in [0.3, 0.4) is 0 Å². The number of carbonyl (C=O) groups excluding carboxylic acids is 2. The SMILES string of the molecule is COc1cc(/C=C2\SC(=Nc3ccccc3)NC2=O)ccc1OC(=O)c1cccc([N+](=O)[O-])c1. The van der Waals surface area contributed by atoms with Crippen molar-refractivity contribution in [2.24, 2.45) is 4.99 Å². The van der Waals surface area contributed by atoms with Crippen LogP contribution in [0.2, 0.25) is 0 Å². The number of methoxy groups -OCH3 is 1. The molecule has 3 aromatic carbocycles. The molecule has 0 saturated carbocycles. The molecule has 0 unspecified atom stereocenters. The molecule has 3 aromatic rings. The number of esters is 1. The summed E-state index contributed by atoms with van der Waals surface area (Å²) in [5.74, 6) is -0.647. The lowest BCUT2D eigenvalue weighted by Crippen LogP contribution is -2.19. The first-order chi connectivity index (χ1) is 16.4. The van der Waals surface area contributed by atoms with Crippen molar-refractivity contribution in [2.75, 3.05) is 7.11 Å². The van der Waals surface area contributed by atoms with Gasteiger partial charge in [0.15, 0.2) is 16.7 Å². The number of ether oxygens (including phenoxy) is 2. The van der Waals surface area contributed by atoms with Gasteiger partial charge in [-0.25, -0.2) is 9.79 Å². The van der Waals surface area contributed by atoms with Gasteiger partial charge >= 0.3 is 5.97 Å². The first-order valence-electron chi connectivity index (χ1n) is 9.92. The molecule has 9 nitrogen and oxygen atoms in total. The topological polar surface area (TPSA) is 120 Å². The van der Waals surface area contributed by atoms with Crippen LogP contribution in [0.4, 0.5) is 11.4 Å². The summed E-state index contributed by atoms with van der Waals surface area (Å²) in [5, 5.41) is 14.1. The molecule has 1 fully saturated rings. The minimum atomic E-state index is -0.763. The largest absolute Gasteiger partial charge is 0.493 e. The standard InChI is InChI=1S/C24H17N3O6S/c1-32-20-12-15(13-21-22(28)26-24(34-21)25-17-7-3-2-4-8-17)10-11-19(20)33-23(29)16-6-5-9-18(14-16)27(30)31/h2-14H,1H3,(H,25,26,28)/b21-13-. The van der Waals surface area contributed by atoms with E-state index in [1.165, 1.54) is 43.1 Å². The number of amidine groups is 1. The quantitative estimate of drug-likeness (QED) is 0.180. The van der Waals surface area contributed by atoms with Crippen LogP contribution in [0.15, 0.2) is 82.7 Å². The van der Waals surface area contributed by atoms with Gasteiger partial charge in [0.2, 0.25) is 0 Å². The van der Waals surface area contributed by atoms with E-state index in [9.17, 15) is 19.7 Å². The molecule has 170 valence electrons. The van der Waals surface area contributed by atoms with Crippen molar-refractivity contribution in [3.8, 4) is 11.5 Å². The van der Waals surface area contributed by atoms with Crippen molar-refractivity contribution in [3.63, 3.8) is 0 Å². The van der Waals surface area contributed by atoms with Crippen LogP contribution in [0.5, 0.6) is 11.5 Å². The number of amides is 1.